The van der Waals surface area contributed by atoms with Crippen LogP contribution in [0.2, 0.25) is 0 Å². The van der Waals surface area contributed by atoms with Crippen LogP contribution in [0.1, 0.15) is 29.4 Å². The minimum Gasteiger partial charge on any atom is -0.467 e. The van der Waals surface area contributed by atoms with Crippen LogP contribution in [0.4, 0.5) is 0 Å². The van der Waals surface area contributed by atoms with Crippen LogP contribution >= 0.6 is 23.1 Å². The minimum atomic E-state index is 0.0208. The molecule has 6 nitrogen and oxygen atoms in total. The highest BCUT2D eigenvalue weighted by molar-refractivity contribution is 8.01. The Morgan fingerprint density at radius 1 is 1.44 bits per heavy atom. The van der Waals surface area contributed by atoms with E-state index in [-0.39, 0.29) is 11.9 Å². The summed E-state index contributed by atoms with van der Waals surface area (Å²) < 4.78 is 11.4. The van der Waals surface area contributed by atoms with Gasteiger partial charge in [0, 0.05) is 12.1 Å². The quantitative estimate of drug-likeness (QED) is 0.861. The summed E-state index contributed by atoms with van der Waals surface area (Å²) >= 11 is 2.85. The fraction of sp³-hybridized carbons (Fsp3) is 0.529. The van der Waals surface area contributed by atoms with Gasteiger partial charge >= 0.3 is 5.95 Å². The maximum absolute atomic E-state index is 12.7. The van der Waals surface area contributed by atoms with Crippen molar-refractivity contribution >= 4 is 29.0 Å². The van der Waals surface area contributed by atoms with Gasteiger partial charge in [0.15, 0.2) is 0 Å². The number of oxazole rings is 1. The molecule has 25 heavy (non-hydrogen) atoms. The van der Waals surface area contributed by atoms with Crippen molar-refractivity contribution < 1.29 is 13.9 Å². The summed E-state index contributed by atoms with van der Waals surface area (Å²) in [6, 6.07) is 4.48. The highest BCUT2D eigenvalue weighted by Gasteiger charge is 2.40. The lowest BCUT2D eigenvalue weighted by Crippen LogP contribution is -2.62. The van der Waals surface area contributed by atoms with Crippen molar-refractivity contribution in [2.75, 3.05) is 20.2 Å². The lowest BCUT2D eigenvalue weighted by molar-refractivity contribution is 0.0218. The zero-order valence-electron chi connectivity index (χ0n) is 14.2. The van der Waals surface area contributed by atoms with Crippen LogP contribution in [0.25, 0.3) is 0 Å². The summed E-state index contributed by atoms with van der Waals surface area (Å²) in [4.78, 5) is 20.0. The molecule has 0 saturated carbocycles. The number of amides is 1. The Morgan fingerprint density at radius 3 is 2.92 bits per heavy atom. The monoisotopic (exact) mass is 379 g/mol. The standard InChI is InChI=1S/C17H21N3O3S2/c1-10-15(11-5-7-20(10)8-6-11)19-16(21)12-3-4-14(24-12)25-17-18-9-13(22-2)23-17/h3-4,9-11,15H,5-8H2,1-2H3,(H,19,21). The molecule has 2 aromatic heterocycles. The van der Waals surface area contributed by atoms with Crippen molar-refractivity contribution in [3.63, 3.8) is 0 Å². The number of methoxy groups -OCH3 is 1. The number of aromatic nitrogens is 1. The third-order valence-corrected chi connectivity index (χ3v) is 7.21. The highest BCUT2D eigenvalue weighted by Crippen LogP contribution is 2.35. The van der Waals surface area contributed by atoms with Crippen LogP contribution in [0, 0.1) is 5.92 Å². The van der Waals surface area contributed by atoms with Crippen LogP contribution in [-0.4, -0.2) is 48.1 Å². The summed E-state index contributed by atoms with van der Waals surface area (Å²) in [5.41, 5.74) is 0. The lowest BCUT2D eigenvalue weighted by Gasteiger charge is -2.49. The Kier molecular flexibility index (Phi) is 4.75. The zero-order chi connectivity index (χ0) is 17.4. The van der Waals surface area contributed by atoms with Gasteiger partial charge in [0.2, 0.25) is 0 Å². The van der Waals surface area contributed by atoms with Gasteiger partial charge in [-0.3, -0.25) is 9.69 Å². The fourth-order valence-electron chi connectivity index (χ4n) is 3.74. The molecule has 2 unspecified atom stereocenters. The van der Waals surface area contributed by atoms with Gasteiger partial charge in [-0.15, -0.1) is 11.3 Å². The topological polar surface area (TPSA) is 67.6 Å². The molecule has 0 aromatic carbocycles. The molecule has 2 bridgehead atoms. The molecule has 0 radical (unpaired) electrons. The number of piperidine rings is 3. The molecule has 0 aliphatic carbocycles. The van der Waals surface area contributed by atoms with Crippen molar-refractivity contribution in [2.45, 2.75) is 41.3 Å². The predicted molar refractivity (Wildman–Crippen MR) is 96.5 cm³/mol. The van der Waals surface area contributed by atoms with Crippen LogP contribution in [0.5, 0.6) is 5.95 Å². The molecule has 134 valence electrons. The number of nitrogens with one attached hydrogen (secondary N) is 1. The van der Waals surface area contributed by atoms with E-state index in [4.69, 9.17) is 9.15 Å². The Bertz CT molecular complexity index is 750. The summed E-state index contributed by atoms with van der Waals surface area (Å²) in [6.45, 7) is 4.55. The van der Waals surface area contributed by atoms with Gasteiger partial charge in [0.25, 0.3) is 11.1 Å². The summed E-state index contributed by atoms with van der Waals surface area (Å²) in [5.74, 6) is 1.01. The largest absolute Gasteiger partial charge is 0.467 e. The van der Waals surface area contributed by atoms with E-state index in [1.165, 1.54) is 43.1 Å². The first-order chi connectivity index (χ1) is 12.1. The lowest BCUT2D eigenvalue weighted by atomic mass is 9.79. The van der Waals surface area contributed by atoms with Crippen LogP contribution in [0.3, 0.4) is 0 Å². The van der Waals surface area contributed by atoms with E-state index >= 15 is 0 Å². The second-order valence-electron chi connectivity index (χ2n) is 6.48. The summed E-state index contributed by atoms with van der Waals surface area (Å²) in [6.07, 6.45) is 3.91. The first-order valence-electron chi connectivity index (χ1n) is 8.46. The molecule has 2 atom stereocenters. The third-order valence-electron chi connectivity index (χ3n) is 5.13. The number of thiophene rings is 1. The molecule has 3 saturated heterocycles. The second kappa shape index (κ2) is 7.01. The van der Waals surface area contributed by atoms with Crippen LogP contribution < -0.4 is 10.1 Å². The van der Waals surface area contributed by atoms with Gasteiger partial charge in [0.1, 0.15) is 6.20 Å². The van der Waals surface area contributed by atoms with E-state index in [2.05, 4.69) is 22.1 Å². The van der Waals surface area contributed by atoms with Crippen LogP contribution in [-0.2, 0) is 0 Å². The Hall–Kier alpha value is -1.51. The number of rotatable bonds is 5. The maximum atomic E-state index is 12.7. The second-order valence-corrected chi connectivity index (χ2v) is 8.82. The fourth-order valence-corrected chi connectivity index (χ4v) is 5.56. The summed E-state index contributed by atoms with van der Waals surface area (Å²) in [5, 5.41) is 3.78. The van der Waals surface area contributed by atoms with Gasteiger partial charge < -0.3 is 14.5 Å². The number of fused-ring (bicyclic) bond motifs is 3. The predicted octanol–water partition coefficient (Wildman–Crippen LogP) is 3.11. The molecule has 1 N–H and O–H groups in total. The Balaban J connectivity index is 1.40. The maximum Gasteiger partial charge on any atom is 0.305 e. The SMILES string of the molecule is COc1cnc(Sc2ccc(C(=O)NC3C4CCN(CC4)C3C)s2)o1. The molecular weight excluding hydrogens is 358 g/mol. The van der Waals surface area contributed by atoms with Crippen molar-refractivity contribution in [2.24, 2.45) is 5.92 Å². The van der Waals surface area contributed by atoms with Gasteiger partial charge in [-0.2, -0.15) is 0 Å². The highest BCUT2D eigenvalue weighted by atomic mass is 32.2. The molecular formula is C17H21N3O3S2. The average molecular weight is 380 g/mol. The van der Waals surface area contributed by atoms with Crippen LogP contribution in [0.15, 0.2) is 32.2 Å². The van der Waals surface area contributed by atoms with Gasteiger partial charge in [0.05, 0.1) is 16.2 Å². The number of carbonyl (C=O) groups is 1. The van der Waals surface area contributed by atoms with E-state index in [0.29, 0.717) is 23.1 Å². The first-order valence-corrected chi connectivity index (χ1v) is 10.1. The van der Waals surface area contributed by atoms with Gasteiger partial charge in [-0.1, -0.05) is 0 Å². The Labute approximate surface area is 154 Å². The molecule has 8 heteroatoms. The van der Waals surface area contributed by atoms with E-state index in [1.807, 2.05) is 12.1 Å². The van der Waals surface area contributed by atoms with E-state index in [9.17, 15) is 4.79 Å². The number of nitrogens with zero attached hydrogens (tertiary/aromatic N) is 2. The van der Waals surface area contributed by atoms with Gasteiger partial charge in [-0.25, -0.2) is 4.98 Å². The van der Waals surface area contributed by atoms with Crippen molar-refractivity contribution in [3.05, 3.63) is 23.2 Å². The molecule has 0 spiro atoms. The number of carbonyl (C=O) groups excluding carboxylic acids is 1. The zero-order valence-corrected chi connectivity index (χ0v) is 15.9. The molecule has 3 aliphatic heterocycles. The van der Waals surface area contributed by atoms with Crippen molar-refractivity contribution in [1.29, 1.82) is 0 Å². The van der Waals surface area contributed by atoms with E-state index < -0.39 is 0 Å². The molecule has 2 aromatic rings. The third kappa shape index (κ3) is 3.43. The van der Waals surface area contributed by atoms with E-state index in [0.717, 1.165) is 22.2 Å². The molecule has 5 heterocycles. The molecule has 3 aliphatic rings. The number of hydrogen-bond donors (Lipinski definition) is 1. The normalized spacial score (nSPS) is 28.1. The van der Waals surface area contributed by atoms with Gasteiger partial charge in [-0.05, 0) is 62.7 Å². The minimum absolute atomic E-state index is 0.0208. The number of hydrogen-bond acceptors (Lipinski definition) is 7. The van der Waals surface area contributed by atoms with Crippen molar-refractivity contribution in [1.82, 2.24) is 15.2 Å². The summed E-state index contributed by atoms with van der Waals surface area (Å²) in [7, 11) is 1.54. The van der Waals surface area contributed by atoms with E-state index in [1.54, 1.807) is 6.20 Å². The smallest absolute Gasteiger partial charge is 0.305 e. The van der Waals surface area contributed by atoms with Crippen molar-refractivity contribution in [3.8, 4) is 5.95 Å². The number of ether oxygens (including phenoxy) is 1. The molecule has 1 amide bonds. The molecule has 3 fully saturated rings. The Morgan fingerprint density at radius 2 is 2.24 bits per heavy atom. The first kappa shape index (κ1) is 16.9. The average Bonchev–Trinajstić information content (AvgIpc) is 3.28. The molecule has 5 rings (SSSR count).